The van der Waals surface area contributed by atoms with E-state index in [0.717, 1.165) is 0 Å². The Hall–Kier alpha value is -2.26. The molecule has 2 N–H and O–H groups in total. The number of hydrogen-bond donors (Lipinski definition) is 2. The Morgan fingerprint density at radius 3 is 3.00 bits per heavy atom. The summed E-state index contributed by atoms with van der Waals surface area (Å²) in [6.07, 6.45) is 0.975. The van der Waals surface area contributed by atoms with Crippen LogP contribution >= 0.6 is 0 Å². The van der Waals surface area contributed by atoms with Crippen LogP contribution < -0.4 is 5.32 Å². The predicted molar refractivity (Wildman–Crippen MR) is 90.8 cm³/mol. The topological polar surface area (TPSA) is 114 Å². The van der Waals surface area contributed by atoms with Crippen molar-refractivity contribution in [2.24, 2.45) is 5.41 Å². The van der Waals surface area contributed by atoms with Crippen LogP contribution in [0.2, 0.25) is 0 Å². The molecule has 0 unspecified atom stereocenters. The number of ether oxygens (including phenoxy) is 2. The number of hydrogen-bond acceptors (Lipinski definition) is 6. The minimum Gasteiger partial charge on any atom is -0.383 e. The molecule has 0 aromatic carbocycles. The molecule has 2 amide bonds. The number of piperidine rings is 1. The van der Waals surface area contributed by atoms with Crippen LogP contribution in [0.5, 0.6) is 0 Å². The smallest absolute Gasteiger partial charge is 0.271 e. The van der Waals surface area contributed by atoms with Crippen molar-refractivity contribution in [1.29, 1.82) is 0 Å². The molecule has 2 aliphatic rings. The van der Waals surface area contributed by atoms with Crippen molar-refractivity contribution in [3.8, 4) is 0 Å². The van der Waals surface area contributed by atoms with Gasteiger partial charge in [-0.25, -0.2) is 0 Å². The van der Waals surface area contributed by atoms with Crippen molar-refractivity contribution in [3.63, 3.8) is 0 Å². The lowest BCUT2D eigenvalue weighted by Gasteiger charge is -2.42. The fraction of sp³-hybridized carbons (Fsp3) is 0.647. The third-order valence-electron chi connectivity index (χ3n) is 5.12. The molecule has 2 fully saturated rings. The van der Waals surface area contributed by atoms with Gasteiger partial charge in [-0.3, -0.25) is 19.5 Å². The summed E-state index contributed by atoms with van der Waals surface area (Å²) in [4.78, 5) is 38.6. The number of aromatic nitrogens is 2. The lowest BCUT2D eigenvalue weighted by molar-refractivity contribution is -0.138. The molecule has 1 aromatic rings. The van der Waals surface area contributed by atoms with Gasteiger partial charge in [0.15, 0.2) is 5.78 Å². The highest BCUT2D eigenvalue weighted by atomic mass is 16.5. The van der Waals surface area contributed by atoms with Crippen LogP contribution in [0.4, 0.5) is 0 Å². The van der Waals surface area contributed by atoms with E-state index in [4.69, 9.17) is 9.47 Å². The number of methoxy groups -OCH3 is 1. The number of amides is 2. The van der Waals surface area contributed by atoms with E-state index in [1.165, 1.54) is 13.0 Å². The average Bonchev–Trinajstić information content (AvgIpc) is 3.28. The Morgan fingerprint density at radius 2 is 2.31 bits per heavy atom. The zero-order valence-corrected chi connectivity index (χ0v) is 15.0. The van der Waals surface area contributed by atoms with E-state index in [9.17, 15) is 14.4 Å². The molecular formula is C17H24N4O5. The summed E-state index contributed by atoms with van der Waals surface area (Å²) in [5.74, 6) is -0.583. The van der Waals surface area contributed by atoms with E-state index in [-0.39, 0.29) is 41.6 Å². The van der Waals surface area contributed by atoms with Crippen molar-refractivity contribution in [3.05, 3.63) is 17.5 Å². The first-order chi connectivity index (χ1) is 12.5. The van der Waals surface area contributed by atoms with E-state index in [2.05, 4.69) is 15.5 Å². The average molecular weight is 364 g/mol. The molecule has 1 aromatic heterocycles. The Morgan fingerprint density at radius 1 is 1.50 bits per heavy atom. The third kappa shape index (κ3) is 3.36. The maximum Gasteiger partial charge on any atom is 0.271 e. The number of fused-ring (bicyclic) bond motifs is 1. The molecule has 26 heavy (non-hydrogen) atoms. The maximum atomic E-state index is 12.8. The van der Waals surface area contributed by atoms with Gasteiger partial charge in [0.1, 0.15) is 11.4 Å². The summed E-state index contributed by atoms with van der Waals surface area (Å²) in [6, 6.07) is 1.45. The molecule has 0 spiro atoms. The minimum atomic E-state index is -0.745. The number of likely N-dealkylation sites (tertiary alicyclic amines) is 1. The number of Topliss-reactive ketones (excluding diaryl/α,β-unsaturated/α-hetero) is 1. The summed E-state index contributed by atoms with van der Waals surface area (Å²) in [6.45, 7) is 3.51. The van der Waals surface area contributed by atoms with Gasteiger partial charge < -0.3 is 19.7 Å². The number of carbonyl (C=O) groups is 3. The Labute approximate surface area is 151 Å². The van der Waals surface area contributed by atoms with Crippen LogP contribution in [0.25, 0.3) is 0 Å². The zero-order chi connectivity index (χ0) is 18.7. The predicted octanol–water partition coefficient (Wildman–Crippen LogP) is -0.00390. The molecule has 9 heteroatoms. The van der Waals surface area contributed by atoms with Crippen LogP contribution in [0.1, 0.15) is 40.7 Å². The Balaban J connectivity index is 1.75. The molecule has 0 saturated carbocycles. The second kappa shape index (κ2) is 7.55. The van der Waals surface area contributed by atoms with Crippen LogP contribution in [0.3, 0.4) is 0 Å². The largest absolute Gasteiger partial charge is 0.383 e. The van der Waals surface area contributed by atoms with Gasteiger partial charge in [0.25, 0.3) is 5.91 Å². The van der Waals surface area contributed by atoms with Crippen LogP contribution in [0.15, 0.2) is 6.07 Å². The van der Waals surface area contributed by atoms with Crippen LogP contribution in [-0.4, -0.2) is 78.8 Å². The van der Waals surface area contributed by atoms with E-state index < -0.39 is 5.41 Å². The Kier molecular flexibility index (Phi) is 5.38. The van der Waals surface area contributed by atoms with Gasteiger partial charge in [-0.05, 0) is 18.9 Å². The van der Waals surface area contributed by atoms with Gasteiger partial charge in [-0.15, -0.1) is 0 Å². The summed E-state index contributed by atoms with van der Waals surface area (Å²) in [5.41, 5.74) is -0.271. The number of carbonyl (C=O) groups excluding carboxylic acids is 3. The number of nitrogens with zero attached hydrogens (tertiary/aromatic N) is 2. The summed E-state index contributed by atoms with van der Waals surface area (Å²) in [5, 5.41) is 9.36. The Bertz CT molecular complexity index is 703. The van der Waals surface area contributed by atoms with Crippen molar-refractivity contribution < 1.29 is 23.9 Å². The number of ketones is 1. The van der Waals surface area contributed by atoms with Crippen LogP contribution in [-0.2, 0) is 14.3 Å². The molecule has 0 bridgehead atoms. The quantitative estimate of drug-likeness (QED) is 0.542. The molecule has 9 nitrogen and oxygen atoms in total. The van der Waals surface area contributed by atoms with Gasteiger partial charge in [0.05, 0.1) is 18.1 Å². The first-order valence-electron chi connectivity index (χ1n) is 8.72. The number of rotatable bonds is 6. The van der Waals surface area contributed by atoms with Crippen molar-refractivity contribution in [1.82, 2.24) is 20.4 Å². The monoisotopic (exact) mass is 364 g/mol. The number of aromatic amines is 1. The van der Waals surface area contributed by atoms with Gasteiger partial charge in [-0.2, -0.15) is 5.10 Å². The number of nitrogens with one attached hydrogen (secondary N) is 2. The summed E-state index contributed by atoms with van der Waals surface area (Å²) < 4.78 is 10.7. The van der Waals surface area contributed by atoms with E-state index in [0.29, 0.717) is 39.1 Å². The summed E-state index contributed by atoms with van der Waals surface area (Å²) in [7, 11) is 1.58. The lowest BCUT2D eigenvalue weighted by Crippen LogP contribution is -2.58. The van der Waals surface area contributed by atoms with Crippen molar-refractivity contribution in [2.75, 3.05) is 40.0 Å². The van der Waals surface area contributed by atoms with Gasteiger partial charge in [0.2, 0.25) is 5.91 Å². The van der Waals surface area contributed by atoms with E-state index in [1.54, 1.807) is 12.0 Å². The highest BCUT2D eigenvalue weighted by Gasteiger charge is 2.54. The molecular weight excluding hydrogens is 340 g/mol. The molecule has 0 aliphatic carbocycles. The van der Waals surface area contributed by atoms with Crippen LogP contribution in [0, 0.1) is 5.41 Å². The van der Waals surface area contributed by atoms with Gasteiger partial charge >= 0.3 is 0 Å². The molecule has 2 aliphatic heterocycles. The normalized spacial score (nSPS) is 25.0. The van der Waals surface area contributed by atoms with Crippen molar-refractivity contribution in [2.45, 2.75) is 25.9 Å². The standard InChI is InChI=1S/C17H24N4O5/c1-11(22)12-9-13(20-19-12)15(23)21-6-3-14-17(10-21,4-7-26-14)16(24)18-5-8-25-2/h9,14H,3-8,10H2,1-2H3,(H,18,24)(H,19,20)/t14-,17-/m1/s1. The fourth-order valence-corrected chi connectivity index (χ4v) is 3.67. The first kappa shape index (κ1) is 18.5. The second-order valence-corrected chi connectivity index (χ2v) is 6.75. The first-order valence-corrected chi connectivity index (χ1v) is 8.72. The second-order valence-electron chi connectivity index (χ2n) is 6.75. The highest BCUT2D eigenvalue weighted by molar-refractivity contribution is 5.98. The summed E-state index contributed by atoms with van der Waals surface area (Å²) >= 11 is 0. The van der Waals surface area contributed by atoms with E-state index in [1.807, 2.05) is 0 Å². The van der Waals surface area contributed by atoms with Gasteiger partial charge in [-0.1, -0.05) is 0 Å². The SMILES string of the molecule is COCCNC(=O)[C@@]12CCO[C@@H]1CCN(C(=O)c1cc(C(C)=O)n[nH]1)C2. The zero-order valence-electron chi connectivity index (χ0n) is 15.0. The fourth-order valence-electron chi connectivity index (χ4n) is 3.67. The molecule has 3 rings (SSSR count). The molecule has 2 saturated heterocycles. The minimum absolute atomic E-state index is 0.108. The van der Waals surface area contributed by atoms with Gasteiger partial charge in [0, 0.05) is 40.3 Å². The molecule has 0 radical (unpaired) electrons. The molecule has 2 atom stereocenters. The lowest BCUT2D eigenvalue weighted by atomic mass is 9.75. The molecule has 3 heterocycles. The maximum absolute atomic E-state index is 12.8. The number of H-pyrrole nitrogens is 1. The highest BCUT2D eigenvalue weighted by Crippen LogP contribution is 2.41. The molecule has 142 valence electrons. The third-order valence-corrected chi connectivity index (χ3v) is 5.12. The van der Waals surface area contributed by atoms with Crippen molar-refractivity contribution >= 4 is 17.6 Å². The van der Waals surface area contributed by atoms with E-state index >= 15 is 0 Å².